The molecular formula is C30H44N4. The Hall–Kier alpha value is -2.49. The summed E-state index contributed by atoms with van der Waals surface area (Å²) in [5.41, 5.74) is 13.6. The molecule has 2 aromatic rings. The lowest BCUT2D eigenvalue weighted by molar-refractivity contribution is 0.125. The van der Waals surface area contributed by atoms with Crippen LogP contribution in [0.3, 0.4) is 0 Å². The van der Waals surface area contributed by atoms with E-state index in [4.69, 9.17) is 16.1 Å². The number of aliphatic imine (C=N–C) groups is 1. The van der Waals surface area contributed by atoms with E-state index in [9.17, 15) is 0 Å². The van der Waals surface area contributed by atoms with Crippen molar-refractivity contribution in [1.29, 1.82) is 5.41 Å². The van der Waals surface area contributed by atoms with E-state index in [1.165, 1.54) is 22.3 Å². The van der Waals surface area contributed by atoms with Crippen LogP contribution in [-0.4, -0.2) is 16.7 Å². The lowest BCUT2D eigenvalue weighted by Crippen LogP contribution is -2.42. The largest absolute Gasteiger partial charge is 0.383 e. The topological polar surface area (TPSA) is 75.1 Å². The SMILES string of the molecule is CCC(C)(C)C(C)c1cc2c(cc1-c1ccc(/C(N)=N/C(C)=N)cn1)C(C)(C)C(C)(C)C2(C)C. The minimum atomic E-state index is 0.0289. The molecule has 0 saturated heterocycles. The van der Waals surface area contributed by atoms with Crippen molar-refractivity contribution in [3.63, 3.8) is 0 Å². The van der Waals surface area contributed by atoms with Crippen LogP contribution in [0, 0.1) is 16.2 Å². The van der Waals surface area contributed by atoms with Crippen LogP contribution >= 0.6 is 0 Å². The number of nitrogens with two attached hydrogens (primary N) is 1. The van der Waals surface area contributed by atoms with Gasteiger partial charge in [0.1, 0.15) is 11.7 Å². The number of hydrogen-bond acceptors (Lipinski definition) is 2. The Morgan fingerprint density at radius 2 is 1.62 bits per heavy atom. The van der Waals surface area contributed by atoms with E-state index in [0.29, 0.717) is 11.8 Å². The van der Waals surface area contributed by atoms with Gasteiger partial charge in [0.2, 0.25) is 0 Å². The maximum Gasteiger partial charge on any atom is 0.134 e. The van der Waals surface area contributed by atoms with Crippen LogP contribution in [0.5, 0.6) is 0 Å². The normalized spacial score (nSPS) is 19.6. The molecule has 0 fully saturated rings. The number of hydrogen-bond donors (Lipinski definition) is 2. The number of pyridine rings is 1. The molecule has 0 amide bonds. The summed E-state index contributed by atoms with van der Waals surface area (Å²) in [6.07, 6.45) is 2.89. The molecule has 1 aliphatic rings. The van der Waals surface area contributed by atoms with E-state index >= 15 is 0 Å². The van der Waals surface area contributed by atoms with Gasteiger partial charge >= 0.3 is 0 Å². The first kappa shape index (κ1) is 26.1. The minimum absolute atomic E-state index is 0.0289. The molecule has 0 spiro atoms. The van der Waals surface area contributed by atoms with Gasteiger partial charge in [0.15, 0.2) is 0 Å². The first-order valence-electron chi connectivity index (χ1n) is 12.5. The van der Waals surface area contributed by atoms with Crippen molar-refractivity contribution in [3.05, 3.63) is 52.7 Å². The van der Waals surface area contributed by atoms with Crippen LogP contribution < -0.4 is 5.73 Å². The summed E-state index contributed by atoms with van der Waals surface area (Å²) >= 11 is 0. The molecule has 1 heterocycles. The van der Waals surface area contributed by atoms with Crippen molar-refractivity contribution in [3.8, 4) is 11.3 Å². The molecule has 1 atom stereocenters. The summed E-state index contributed by atoms with van der Waals surface area (Å²) in [5.74, 6) is 0.880. The lowest BCUT2D eigenvalue weighted by atomic mass is 9.59. The molecule has 3 N–H and O–H groups in total. The van der Waals surface area contributed by atoms with Crippen LogP contribution in [0.15, 0.2) is 35.5 Å². The highest BCUT2D eigenvalue weighted by molar-refractivity contribution is 6.04. The molecule has 3 rings (SSSR count). The van der Waals surface area contributed by atoms with Gasteiger partial charge in [-0.2, -0.15) is 0 Å². The zero-order chi connectivity index (χ0) is 25.9. The summed E-state index contributed by atoms with van der Waals surface area (Å²) in [4.78, 5) is 8.92. The summed E-state index contributed by atoms with van der Waals surface area (Å²) in [7, 11) is 0. The molecule has 1 aliphatic carbocycles. The molecule has 0 aliphatic heterocycles. The van der Waals surface area contributed by atoms with Crippen LogP contribution in [0.4, 0.5) is 0 Å². The van der Waals surface area contributed by atoms with Crippen LogP contribution in [0.25, 0.3) is 11.3 Å². The number of fused-ring (bicyclic) bond motifs is 1. The lowest BCUT2D eigenvalue weighted by Gasteiger charge is -2.44. The van der Waals surface area contributed by atoms with Gasteiger partial charge in [0.05, 0.1) is 5.69 Å². The second kappa shape index (κ2) is 8.32. The average molecular weight is 461 g/mol. The third-order valence-electron chi connectivity index (χ3n) is 9.83. The third kappa shape index (κ3) is 3.89. The predicted octanol–water partition coefficient (Wildman–Crippen LogP) is 7.59. The number of nitrogens with one attached hydrogen (secondary N) is 1. The number of amidine groups is 2. The summed E-state index contributed by atoms with van der Waals surface area (Å²) in [6, 6.07) is 8.93. The van der Waals surface area contributed by atoms with Gasteiger partial charge in [-0.15, -0.1) is 0 Å². The third-order valence-corrected chi connectivity index (χ3v) is 9.83. The fourth-order valence-electron chi connectivity index (χ4n) is 5.36. The second-order valence-corrected chi connectivity index (χ2v) is 12.4. The maximum atomic E-state index is 7.59. The summed E-state index contributed by atoms with van der Waals surface area (Å²) in [6.45, 7) is 25.4. The van der Waals surface area contributed by atoms with Crippen LogP contribution in [0.2, 0.25) is 0 Å². The Kier molecular flexibility index (Phi) is 6.39. The molecule has 1 aromatic heterocycles. The minimum Gasteiger partial charge on any atom is -0.383 e. The van der Waals surface area contributed by atoms with Crippen molar-refractivity contribution < 1.29 is 0 Å². The molecule has 0 bridgehead atoms. The van der Waals surface area contributed by atoms with E-state index in [1.54, 1.807) is 13.1 Å². The van der Waals surface area contributed by atoms with Crippen molar-refractivity contribution in [2.45, 2.75) is 99.3 Å². The predicted molar refractivity (Wildman–Crippen MR) is 146 cm³/mol. The standard InChI is InChI=1S/C30H44N4/c1-12-27(4,5)18(2)21-15-23-24(29(8,9)30(10,11)28(23,6)7)16-22(21)25-14-13-20(17-33-25)26(32)34-19(3)31/h13-18H,12H2,1-11H3,(H3,31,32,34). The maximum absolute atomic E-state index is 7.59. The fourth-order valence-corrected chi connectivity index (χ4v) is 5.36. The van der Waals surface area contributed by atoms with Crippen molar-refractivity contribution in [2.75, 3.05) is 0 Å². The Morgan fingerprint density at radius 1 is 1.06 bits per heavy atom. The molecule has 1 unspecified atom stereocenters. The van der Waals surface area contributed by atoms with Gasteiger partial charge in [-0.05, 0) is 69.4 Å². The van der Waals surface area contributed by atoms with Gasteiger partial charge < -0.3 is 5.73 Å². The number of nitrogens with zero attached hydrogens (tertiary/aromatic N) is 2. The Bertz CT molecular complexity index is 1130. The van der Waals surface area contributed by atoms with E-state index < -0.39 is 0 Å². The quantitative estimate of drug-likeness (QED) is 0.356. The highest BCUT2D eigenvalue weighted by atomic mass is 14.9. The molecular weight excluding hydrogens is 416 g/mol. The van der Waals surface area contributed by atoms with Crippen LogP contribution in [-0.2, 0) is 10.8 Å². The highest BCUT2D eigenvalue weighted by Gasteiger charge is 2.57. The number of benzene rings is 1. The van der Waals surface area contributed by atoms with E-state index in [-0.39, 0.29) is 27.5 Å². The molecule has 0 radical (unpaired) electrons. The van der Waals surface area contributed by atoms with Crippen molar-refractivity contribution >= 4 is 11.7 Å². The van der Waals surface area contributed by atoms with Gasteiger partial charge in [-0.1, -0.05) is 81.7 Å². The first-order chi connectivity index (χ1) is 15.5. The summed E-state index contributed by atoms with van der Waals surface area (Å²) < 4.78 is 0. The monoisotopic (exact) mass is 460 g/mol. The Labute approximate surface area is 207 Å². The fraction of sp³-hybridized carbons (Fsp3) is 0.567. The van der Waals surface area contributed by atoms with Crippen molar-refractivity contribution in [1.82, 2.24) is 4.98 Å². The number of aromatic nitrogens is 1. The molecule has 34 heavy (non-hydrogen) atoms. The van der Waals surface area contributed by atoms with E-state index in [0.717, 1.165) is 17.7 Å². The second-order valence-electron chi connectivity index (χ2n) is 12.4. The highest BCUT2D eigenvalue weighted by Crippen LogP contribution is 2.62. The molecule has 0 saturated carbocycles. The zero-order valence-electron chi connectivity index (χ0n) is 23.1. The molecule has 184 valence electrons. The number of rotatable bonds is 5. The average Bonchev–Trinajstić information content (AvgIpc) is 2.86. The summed E-state index contributed by atoms with van der Waals surface area (Å²) in [5, 5.41) is 7.59. The van der Waals surface area contributed by atoms with E-state index in [1.807, 2.05) is 12.1 Å². The van der Waals surface area contributed by atoms with Gasteiger partial charge in [0.25, 0.3) is 0 Å². The van der Waals surface area contributed by atoms with E-state index in [2.05, 4.69) is 86.4 Å². The Balaban J connectivity index is 2.28. The zero-order valence-corrected chi connectivity index (χ0v) is 23.1. The first-order valence-corrected chi connectivity index (χ1v) is 12.5. The van der Waals surface area contributed by atoms with Gasteiger partial charge in [-0.3, -0.25) is 10.4 Å². The smallest absolute Gasteiger partial charge is 0.134 e. The molecule has 4 heteroatoms. The molecule has 1 aromatic carbocycles. The molecule has 4 nitrogen and oxygen atoms in total. The van der Waals surface area contributed by atoms with Crippen LogP contribution in [0.1, 0.15) is 111 Å². The van der Waals surface area contributed by atoms with Gasteiger partial charge in [-0.25, -0.2) is 4.99 Å². The van der Waals surface area contributed by atoms with Crippen molar-refractivity contribution in [2.24, 2.45) is 21.6 Å². The Morgan fingerprint density at radius 3 is 2.09 bits per heavy atom. The van der Waals surface area contributed by atoms with Gasteiger partial charge in [0, 0.05) is 17.3 Å².